The van der Waals surface area contributed by atoms with Gasteiger partial charge in [0.25, 0.3) is 0 Å². The molecule has 0 aliphatic rings. The summed E-state index contributed by atoms with van der Waals surface area (Å²) in [6, 6.07) is 0. The molecule has 66 valence electrons. The first kappa shape index (κ1) is 10.8. The van der Waals surface area contributed by atoms with Gasteiger partial charge in [-0.3, -0.25) is 9.98 Å². The number of hydrogen-bond acceptors (Lipinski definition) is 2. The largest absolute Gasteiger partial charge is 0.264 e. The molecule has 2 heteroatoms. The Labute approximate surface area is 74.4 Å². The van der Waals surface area contributed by atoms with Crippen LogP contribution in [-0.4, -0.2) is 11.9 Å². The van der Waals surface area contributed by atoms with Gasteiger partial charge in [-0.05, 0) is 33.3 Å². The molecule has 0 radical (unpaired) electrons. The Bertz CT molecular complexity index is 241. The molecule has 0 atom stereocenters. The minimum absolute atomic E-state index is 0.832. The summed E-state index contributed by atoms with van der Waals surface area (Å²) in [5.41, 5.74) is 2.77. The lowest BCUT2D eigenvalue weighted by Gasteiger charge is -1.96. The van der Waals surface area contributed by atoms with Gasteiger partial charge in [-0.25, -0.2) is 0 Å². The number of allylic oxidation sites excluding steroid dienone is 1. The van der Waals surface area contributed by atoms with Gasteiger partial charge in [-0.2, -0.15) is 0 Å². The fraction of sp³-hybridized carbons (Fsp3) is 0.400. The maximum Gasteiger partial charge on any atom is 0.0831 e. The molecule has 0 aliphatic carbocycles. The summed E-state index contributed by atoms with van der Waals surface area (Å²) in [7, 11) is 0. The van der Waals surface area contributed by atoms with Gasteiger partial charge in [0.15, 0.2) is 0 Å². The van der Waals surface area contributed by atoms with Crippen LogP contribution >= 0.6 is 0 Å². The Hall–Kier alpha value is -1.18. The highest BCUT2D eigenvalue weighted by Gasteiger charge is 1.91. The zero-order valence-electron chi connectivity index (χ0n) is 8.26. The van der Waals surface area contributed by atoms with Crippen molar-refractivity contribution >= 4 is 11.9 Å². The third-order valence-corrected chi connectivity index (χ3v) is 1.15. The second kappa shape index (κ2) is 5.47. The molecule has 12 heavy (non-hydrogen) atoms. The maximum atomic E-state index is 4.14. The highest BCUT2D eigenvalue weighted by atomic mass is 14.8. The quantitative estimate of drug-likeness (QED) is 0.452. The van der Waals surface area contributed by atoms with E-state index in [2.05, 4.69) is 16.6 Å². The minimum atomic E-state index is 0.832. The maximum absolute atomic E-state index is 4.14. The Morgan fingerprint density at radius 2 is 1.83 bits per heavy atom. The Kier molecular flexibility index (Phi) is 4.93. The van der Waals surface area contributed by atoms with E-state index < -0.39 is 0 Å². The summed E-state index contributed by atoms with van der Waals surface area (Å²) < 4.78 is 0. The minimum Gasteiger partial charge on any atom is -0.264 e. The van der Waals surface area contributed by atoms with Crippen molar-refractivity contribution in [3.05, 3.63) is 24.0 Å². The highest BCUT2D eigenvalue weighted by Crippen LogP contribution is 2.07. The molecule has 2 nitrogen and oxygen atoms in total. The van der Waals surface area contributed by atoms with E-state index in [-0.39, 0.29) is 0 Å². The lowest BCUT2D eigenvalue weighted by atomic mass is 10.3. The summed E-state index contributed by atoms with van der Waals surface area (Å²) in [4.78, 5) is 8.27. The van der Waals surface area contributed by atoms with Crippen LogP contribution in [0.4, 0.5) is 0 Å². The van der Waals surface area contributed by atoms with Gasteiger partial charge in [0.05, 0.1) is 11.9 Å². The van der Waals surface area contributed by atoms with Crippen LogP contribution in [0.1, 0.15) is 27.7 Å². The van der Waals surface area contributed by atoms with E-state index in [0.717, 1.165) is 17.0 Å². The molecule has 0 unspecified atom stereocenters. The summed E-state index contributed by atoms with van der Waals surface area (Å²) in [5.74, 6) is 0. The van der Waals surface area contributed by atoms with Crippen LogP contribution in [0.3, 0.4) is 0 Å². The molecule has 0 N–H and O–H groups in total. The van der Waals surface area contributed by atoms with E-state index >= 15 is 0 Å². The molecule has 0 spiro atoms. The van der Waals surface area contributed by atoms with E-state index in [9.17, 15) is 0 Å². The SMILES string of the molecule is C=C(C)/C(=C\N=C(C)C)N=CC. The van der Waals surface area contributed by atoms with Crippen LogP contribution in [0, 0.1) is 0 Å². The van der Waals surface area contributed by atoms with Crippen LogP contribution in [0.5, 0.6) is 0 Å². The monoisotopic (exact) mass is 164 g/mol. The molecule has 0 amide bonds. The number of hydrogen-bond donors (Lipinski definition) is 0. The van der Waals surface area contributed by atoms with Crippen molar-refractivity contribution in [1.29, 1.82) is 0 Å². The predicted molar refractivity (Wildman–Crippen MR) is 55.8 cm³/mol. The van der Waals surface area contributed by atoms with Crippen molar-refractivity contribution in [2.24, 2.45) is 9.98 Å². The van der Waals surface area contributed by atoms with E-state index in [4.69, 9.17) is 0 Å². The molecule has 0 aromatic heterocycles. The molecule has 0 aliphatic heterocycles. The van der Waals surface area contributed by atoms with E-state index in [1.54, 1.807) is 12.4 Å². The molecule has 0 fully saturated rings. The molecule has 0 aromatic carbocycles. The second-order valence-corrected chi connectivity index (χ2v) is 2.76. The van der Waals surface area contributed by atoms with Gasteiger partial charge in [0.2, 0.25) is 0 Å². The molecule has 0 bridgehead atoms. The first-order valence-electron chi connectivity index (χ1n) is 3.93. The van der Waals surface area contributed by atoms with Gasteiger partial charge in [-0.1, -0.05) is 6.58 Å². The molecule has 0 aromatic rings. The highest BCUT2D eigenvalue weighted by molar-refractivity contribution is 5.79. The summed E-state index contributed by atoms with van der Waals surface area (Å²) in [6.07, 6.45) is 3.47. The van der Waals surface area contributed by atoms with Gasteiger partial charge in [0, 0.05) is 11.9 Å². The Balaban J connectivity index is 4.62. The van der Waals surface area contributed by atoms with E-state index in [1.807, 2.05) is 27.7 Å². The second-order valence-electron chi connectivity index (χ2n) is 2.76. The molecule has 0 saturated heterocycles. The van der Waals surface area contributed by atoms with Crippen molar-refractivity contribution in [2.75, 3.05) is 0 Å². The Morgan fingerprint density at radius 1 is 1.25 bits per heavy atom. The predicted octanol–water partition coefficient (Wildman–Crippen LogP) is 2.98. The summed E-state index contributed by atoms with van der Waals surface area (Å²) >= 11 is 0. The van der Waals surface area contributed by atoms with Crippen LogP contribution in [0.2, 0.25) is 0 Å². The normalized spacial score (nSPS) is 11.8. The van der Waals surface area contributed by atoms with Crippen molar-refractivity contribution in [2.45, 2.75) is 27.7 Å². The van der Waals surface area contributed by atoms with E-state index in [0.29, 0.717) is 0 Å². The third kappa shape index (κ3) is 4.61. The van der Waals surface area contributed by atoms with Crippen molar-refractivity contribution in [3.63, 3.8) is 0 Å². The zero-order valence-corrected chi connectivity index (χ0v) is 8.26. The average Bonchev–Trinajstić information content (AvgIpc) is 1.96. The van der Waals surface area contributed by atoms with Crippen molar-refractivity contribution in [3.8, 4) is 0 Å². The number of rotatable bonds is 3. The van der Waals surface area contributed by atoms with Gasteiger partial charge in [0.1, 0.15) is 0 Å². The fourth-order valence-corrected chi connectivity index (χ4v) is 0.583. The molecular weight excluding hydrogens is 148 g/mol. The van der Waals surface area contributed by atoms with Gasteiger partial charge in [-0.15, -0.1) is 0 Å². The smallest absolute Gasteiger partial charge is 0.0831 e. The Morgan fingerprint density at radius 3 is 2.17 bits per heavy atom. The summed E-state index contributed by atoms with van der Waals surface area (Å²) in [6.45, 7) is 11.5. The van der Waals surface area contributed by atoms with Crippen LogP contribution < -0.4 is 0 Å². The van der Waals surface area contributed by atoms with Gasteiger partial charge >= 0.3 is 0 Å². The first-order chi connectivity index (χ1) is 5.57. The lowest BCUT2D eigenvalue weighted by Crippen LogP contribution is -1.82. The topological polar surface area (TPSA) is 24.7 Å². The van der Waals surface area contributed by atoms with Crippen LogP contribution in [-0.2, 0) is 0 Å². The molecular formula is C10H16N2. The third-order valence-electron chi connectivity index (χ3n) is 1.15. The van der Waals surface area contributed by atoms with Crippen molar-refractivity contribution < 1.29 is 0 Å². The number of aliphatic imine (C=N–C) groups is 2. The first-order valence-corrected chi connectivity index (χ1v) is 3.93. The van der Waals surface area contributed by atoms with Gasteiger partial charge < -0.3 is 0 Å². The summed E-state index contributed by atoms with van der Waals surface area (Å²) in [5, 5.41) is 0. The van der Waals surface area contributed by atoms with E-state index in [1.165, 1.54) is 0 Å². The zero-order chi connectivity index (χ0) is 9.56. The number of nitrogens with zero attached hydrogens (tertiary/aromatic N) is 2. The standard InChI is InChI=1S/C10H16N2/c1-6-11-10(8(2)3)7-12-9(4)5/h6-7H,2H2,1,3-5H3/b10-7+,11-6?. The van der Waals surface area contributed by atoms with Crippen LogP contribution in [0.15, 0.2) is 34.0 Å². The van der Waals surface area contributed by atoms with Crippen molar-refractivity contribution in [1.82, 2.24) is 0 Å². The lowest BCUT2D eigenvalue weighted by molar-refractivity contribution is 1.26. The molecule has 0 saturated carbocycles. The molecule has 0 heterocycles. The average molecular weight is 164 g/mol. The molecule has 0 rings (SSSR count). The van der Waals surface area contributed by atoms with Crippen LogP contribution in [0.25, 0.3) is 0 Å². The fourth-order valence-electron chi connectivity index (χ4n) is 0.583.